The van der Waals surface area contributed by atoms with E-state index in [2.05, 4.69) is 10.0 Å². The van der Waals surface area contributed by atoms with Gasteiger partial charge in [0.2, 0.25) is 10.0 Å². The first-order valence-electron chi connectivity index (χ1n) is 6.19. The molecule has 1 aromatic rings. The fourth-order valence-corrected chi connectivity index (χ4v) is 3.73. The number of sulfonamides is 1. The lowest BCUT2D eigenvalue weighted by atomic mass is 9.97. The van der Waals surface area contributed by atoms with Gasteiger partial charge in [0.1, 0.15) is 17.5 Å². The normalized spacial score (nSPS) is 23.8. The van der Waals surface area contributed by atoms with Gasteiger partial charge in [-0.1, -0.05) is 6.92 Å². The van der Waals surface area contributed by atoms with E-state index in [4.69, 9.17) is 0 Å². The molecule has 1 heterocycles. The maximum atomic E-state index is 13.5. The van der Waals surface area contributed by atoms with Gasteiger partial charge >= 0.3 is 0 Å². The Morgan fingerprint density at radius 2 is 1.85 bits per heavy atom. The number of rotatable bonds is 3. The molecule has 1 aliphatic heterocycles. The zero-order chi connectivity index (χ0) is 14.9. The second-order valence-corrected chi connectivity index (χ2v) is 6.55. The summed E-state index contributed by atoms with van der Waals surface area (Å²) in [5.41, 5.74) is 0. The molecule has 112 valence electrons. The Kier molecular flexibility index (Phi) is 4.36. The minimum atomic E-state index is -4.37. The van der Waals surface area contributed by atoms with E-state index in [0.717, 1.165) is 0 Å². The van der Waals surface area contributed by atoms with Crippen LogP contribution >= 0.6 is 0 Å². The molecule has 1 aliphatic rings. The van der Waals surface area contributed by atoms with Crippen LogP contribution in [0.15, 0.2) is 17.0 Å². The van der Waals surface area contributed by atoms with Gasteiger partial charge in [0, 0.05) is 18.2 Å². The van der Waals surface area contributed by atoms with Crippen molar-refractivity contribution < 1.29 is 21.6 Å². The third-order valence-corrected chi connectivity index (χ3v) is 4.86. The van der Waals surface area contributed by atoms with Gasteiger partial charge in [-0.3, -0.25) is 0 Å². The first-order valence-corrected chi connectivity index (χ1v) is 7.67. The van der Waals surface area contributed by atoms with Crippen LogP contribution in [0.5, 0.6) is 0 Å². The summed E-state index contributed by atoms with van der Waals surface area (Å²) in [6.07, 6.45) is 0.519. The second kappa shape index (κ2) is 5.71. The lowest BCUT2D eigenvalue weighted by molar-refractivity contribution is 0.327. The van der Waals surface area contributed by atoms with Crippen LogP contribution in [0.3, 0.4) is 0 Å². The Bertz CT molecular complexity index is 584. The molecule has 1 aromatic carbocycles. The summed E-state index contributed by atoms with van der Waals surface area (Å²) in [5.74, 6) is -4.03. The Hall–Kier alpha value is -1.12. The SMILES string of the molecule is C[C@H]1CNCC[C@@H]1NS(=O)(=O)c1c(F)cc(F)cc1F. The monoisotopic (exact) mass is 308 g/mol. The highest BCUT2D eigenvalue weighted by Gasteiger charge is 2.30. The number of hydrogen-bond donors (Lipinski definition) is 2. The van der Waals surface area contributed by atoms with Gasteiger partial charge in [-0.25, -0.2) is 26.3 Å². The van der Waals surface area contributed by atoms with E-state index >= 15 is 0 Å². The Morgan fingerprint density at radius 3 is 2.40 bits per heavy atom. The summed E-state index contributed by atoms with van der Waals surface area (Å²) in [7, 11) is -4.37. The van der Waals surface area contributed by atoms with Gasteiger partial charge in [-0.05, 0) is 25.4 Å². The van der Waals surface area contributed by atoms with Crippen molar-refractivity contribution in [2.75, 3.05) is 13.1 Å². The van der Waals surface area contributed by atoms with Gasteiger partial charge in [0.15, 0.2) is 4.90 Å². The van der Waals surface area contributed by atoms with E-state index in [9.17, 15) is 21.6 Å². The molecule has 0 unspecified atom stereocenters. The molecule has 0 spiro atoms. The lowest BCUT2D eigenvalue weighted by Gasteiger charge is -2.30. The molecule has 0 amide bonds. The zero-order valence-corrected chi connectivity index (χ0v) is 11.6. The van der Waals surface area contributed by atoms with Crippen LogP contribution < -0.4 is 10.0 Å². The molecular formula is C12H15F3N2O2S. The van der Waals surface area contributed by atoms with Crippen LogP contribution in [-0.2, 0) is 10.0 Å². The molecular weight excluding hydrogens is 293 g/mol. The van der Waals surface area contributed by atoms with Gasteiger partial charge < -0.3 is 5.32 Å². The smallest absolute Gasteiger partial charge is 0.246 e. The first-order chi connectivity index (χ1) is 9.31. The highest BCUT2D eigenvalue weighted by atomic mass is 32.2. The van der Waals surface area contributed by atoms with Crippen LogP contribution in [0.4, 0.5) is 13.2 Å². The lowest BCUT2D eigenvalue weighted by Crippen LogP contribution is -2.48. The molecule has 8 heteroatoms. The van der Waals surface area contributed by atoms with E-state index in [1.54, 1.807) is 0 Å². The largest absolute Gasteiger partial charge is 0.316 e. The number of benzene rings is 1. The fourth-order valence-electron chi connectivity index (χ4n) is 2.23. The molecule has 1 saturated heterocycles. The van der Waals surface area contributed by atoms with E-state index in [1.807, 2.05) is 6.92 Å². The first kappa shape index (κ1) is 15.3. The van der Waals surface area contributed by atoms with Crippen molar-refractivity contribution in [2.24, 2.45) is 5.92 Å². The average Bonchev–Trinajstić information content (AvgIpc) is 2.30. The van der Waals surface area contributed by atoms with E-state index < -0.39 is 38.4 Å². The Balaban J connectivity index is 2.31. The second-order valence-electron chi connectivity index (χ2n) is 4.90. The van der Waals surface area contributed by atoms with Crippen LogP contribution in [-0.4, -0.2) is 27.5 Å². The summed E-state index contributed by atoms with van der Waals surface area (Å²) < 4.78 is 66.3. The summed E-state index contributed by atoms with van der Waals surface area (Å²) in [4.78, 5) is -1.13. The maximum Gasteiger partial charge on any atom is 0.246 e. The zero-order valence-electron chi connectivity index (χ0n) is 10.8. The summed E-state index contributed by atoms with van der Waals surface area (Å²) >= 11 is 0. The molecule has 2 N–H and O–H groups in total. The standard InChI is InChI=1S/C12H15F3N2O2S/c1-7-6-16-3-2-11(7)17-20(18,19)12-9(14)4-8(13)5-10(12)15/h4-5,7,11,16-17H,2-3,6H2,1H3/t7-,11-/m0/s1. The summed E-state index contributed by atoms with van der Waals surface area (Å²) in [6, 6.07) is 0.289. The quantitative estimate of drug-likeness (QED) is 0.887. The van der Waals surface area contributed by atoms with Crippen LogP contribution in [0.1, 0.15) is 13.3 Å². The van der Waals surface area contributed by atoms with Crippen molar-refractivity contribution in [3.8, 4) is 0 Å². The molecule has 0 radical (unpaired) electrons. The van der Waals surface area contributed by atoms with Crippen molar-refractivity contribution in [1.82, 2.24) is 10.0 Å². The van der Waals surface area contributed by atoms with Crippen molar-refractivity contribution in [2.45, 2.75) is 24.3 Å². The summed E-state index contributed by atoms with van der Waals surface area (Å²) in [5, 5.41) is 3.09. The minimum absolute atomic E-state index is 0.00917. The third kappa shape index (κ3) is 3.13. The van der Waals surface area contributed by atoms with Gasteiger partial charge in [-0.15, -0.1) is 0 Å². The van der Waals surface area contributed by atoms with Crippen molar-refractivity contribution in [3.05, 3.63) is 29.6 Å². The maximum absolute atomic E-state index is 13.5. The van der Waals surface area contributed by atoms with Gasteiger partial charge in [-0.2, -0.15) is 0 Å². The molecule has 0 bridgehead atoms. The molecule has 20 heavy (non-hydrogen) atoms. The topological polar surface area (TPSA) is 58.2 Å². The summed E-state index contributed by atoms with van der Waals surface area (Å²) in [6.45, 7) is 3.06. The molecule has 4 nitrogen and oxygen atoms in total. The Morgan fingerprint density at radius 1 is 1.25 bits per heavy atom. The predicted molar refractivity (Wildman–Crippen MR) is 67.1 cm³/mol. The van der Waals surface area contributed by atoms with E-state index in [-0.39, 0.29) is 5.92 Å². The predicted octanol–water partition coefficient (Wildman–Crippen LogP) is 1.38. The Labute approximate surface area is 115 Å². The number of nitrogens with one attached hydrogen (secondary N) is 2. The molecule has 0 aromatic heterocycles. The van der Waals surface area contributed by atoms with Crippen molar-refractivity contribution >= 4 is 10.0 Å². The molecule has 0 aliphatic carbocycles. The van der Waals surface area contributed by atoms with Gasteiger partial charge in [0.05, 0.1) is 0 Å². The number of halogens is 3. The van der Waals surface area contributed by atoms with E-state index in [1.165, 1.54) is 0 Å². The molecule has 0 saturated carbocycles. The molecule has 2 atom stereocenters. The minimum Gasteiger partial charge on any atom is -0.316 e. The average molecular weight is 308 g/mol. The fraction of sp³-hybridized carbons (Fsp3) is 0.500. The number of piperidine rings is 1. The van der Waals surface area contributed by atoms with Gasteiger partial charge in [0.25, 0.3) is 0 Å². The molecule has 2 rings (SSSR count). The highest BCUT2D eigenvalue weighted by Crippen LogP contribution is 2.22. The van der Waals surface area contributed by atoms with Crippen LogP contribution in [0.25, 0.3) is 0 Å². The van der Waals surface area contributed by atoms with Crippen molar-refractivity contribution in [1.29, 1.82) is 0 Å². The molecule has 1 fully saturated rings. The van der Waals surface area contributed by atoms with E-state index in [0.29, 0.717) is 31.6 Å². The third-order valence-electron chi connectivity index (χ3n) is 3.32. The number of hydrogen-bond acceptors (Lipinski definition) is 3. The van der Waals surface area contributed by atoms with Crippen LogP contribution in [0.2, 0.25) is 0 Å². The highest BCUT2D eigenvalue weighted by molar-refractivity contribution is 7.89. The van der Waals surface area contributed by atoms with Crippen molar-refractivity contribution in [3.63, 3.8) is 0 Å². The van der Waals surface area contributed by atoms with Crippen LogP contribution in [0, 0.1) is 23.4 Å².